The maximum Gasteiger partial charge on any atom is 0.130 e. The molecule has 1 saturated heterocycles. The molecule has 1 aliphatic heterocycles. The molecule has 3 heteroatoms. The number of nitrogens with zero attached hydrogens (tertiary/aromatic N) is 1. The van der Waals surface area contributed by atoms with E-state index in [1.807, 2.05) is 18.2 Å². The molecule has 1 aromatic rings. The minimum Gasteiger partial charge on any atom is -0.330 e. The molecule has 1 fully saturated rings. The molecule has 1 heterocycles. The number of alkyl halides is 1. The Morgan fingerprint density at radius 2 is 2.06 bits per heavy atom. The summed E-state index contributed by atoms with van der Waals surface area (Å²) in [7, 11) is 2.10. The zero-order chi connectivity index (χ0) is 13.3. The molecule has 2 unspecified atom stereocenters. The first-order valence-electron chi connectivity index (χ1n) is 6.62. The topological polar surface area (TPSA) is 29.3 Å². The Hall–Kier alpha value is -0.930. The van der Waals surface area contributed by atoms with Crippen molar-refractivity contribution in [1.29, 1.82) is 0 Å². The smallest absolute Gasteiger partial charge is 0.130 e. The lowest BCUT2D eigenvalue weighted by molar-refractivity contribution is 0.214. The van der Waals surface area contributed by atoms with Crippen LogP contribution in [0.15, 0.2) is 24.3 Å². The summed E-state index contributed by atoms with van der Waals surface area (Å²) >= 11 is 0. The summed E-state index contributed by atoms with van der Waals surface area (Å²) in [4.78, 5) is 2.29. The van der Waals surface area contributed by atoms with E-state index < -0.39 is 5.67 Å². The van der Waals surface area contributed by atoms with Gasteiger partial charge in [0, 0.05) is 12.6 Å². The minimum absolute atomic E-state index is 0.296. The Kier molecular flexibility index (Phi) is 3.74. The van der Waals surface area contributed by atoms with Gasteiger partial charge < -0.3 is 5.73 Å². The van der Waals surface area contributed by atoms with Crippen molar-refractivity contribution < 1.29 is 4.39 Å². The van der Waals surface area contributed by atoms with Crippen molar-refractivity contribution >= 4 is 0 Å². The number of nitrogens with two attached hydrogens (primary N) is 1. The third-order valence-electron chi connectivity index (χ3n) is 3.93. The van der Waals surface area contributed by atoms with E-state index in [0.29, 0.717) is 18.5 Å². The summed E-state index contributed by atoms with van der Waals surface area (Å²) in [5, 5.41) is 0. The first-order chi connectivity index (χ1) is 8.43. The third kappa shape index (κ3) is 2.57. The second kappa shape index (κ2) is 4.98. The lowest BCUT2D eigenvalue weighted by Gasteiger charge is -2.26. The fraction of sp³-hybridized carbons (Fsp3) is 0.600. The van der Waals surface area contributed by atoms with Crippen LogP contribution in [0.3, 0.4) is 0 Å². The van der Waals surface area contributed by atoms with Crippen molar-refractivity contribution in [2.24, 2.45) is 11.7 Å². The van der Waals surface area contributed by atoms with Gasteiger partial charge in [-0.1, -0.05) is 24.3 Å². The Balaban J connectivity index is 2.34. The van der Waals surface area contributed by atoms with Crippen LogP contribution in [0.25, 0.3) is 0 Å². The standard InChI is InChI=1S/C15H23FN2/c1-15(2,16)13-7-5-4-6-12(13)14-8-11(9-17)10-18(14)3/h4-7,11,14H,8-10,17H2,1-3H3. The highest BCUT2D eigenvalue weighted by atomic mass is 19.1. The van der Waals surface area contributed by atoms with Crippen molar-refractivity contribution in [2.75, 3.05) is 20.1 Å². The van der Waals surface area contributed by atoms with E-state index in [1.165, 1.54) is 0 Å². The van der Waals surface area contributed by atoms with Gasteiger partial charge in [-0.15, -0.1) is 0 Å². The Bertz CT molecular complexity index is 411. The van der Waals surface area contributed by atoms with E-state index in [4.69, 9.17) is 5.73 Å². The largest absolute Gasteiger partial charge is 0.330 e. The predicted octanol–water partition coefficient (Wildman–Crippen LogP) is 2.84. The van der Waals surface area contributed by atoms with Crippen LogP contribution < -0.4 is 5.73 Å². The number of likely N-dealkylation sites (tertiary alicyclic amines) is 1. The monoisotopic (exact) mass is 250 g/mol. The third-order valence-corrected chi connectivity index (χ3v) is 3.93. The van der Waals surface area contributed by atoms with Gasteiger partial charge in [0.25, 0.3) is 0 Å². The average Bonchev–Trinajstić information content (AvgIpc) is 2.69. The van der Waals surface area contributed by atoms with E-state index in [9.17, 15) is 4.39 Å². The van der Waals surface area contributed by atoms with E-state index in [1.54, 1.807) is 13.8 Å². The van der Waals surface area contributed by atoms with Gasteiger partial charge in [-0.05, 0) is 50.9 Å². The van der Waals surface area contributed by atoms with Crippen LogP contribution in [0.5, 0.6) is 0 Å². The summed E-state index contributed by atoms with van der Waals surface area (Å²) in [6, 6.07) is 8.16. The summed E-state index contributed by atoms with van der Waals surface area (Å²) in [6.07, 6.45) is 1.03. The molecular formula is C15H23FN2. The van der Waals surface area contributed by atoms with Crippen molar-refractivity contribution in [3.05, 3.63) is 35.4 Å². The van der Waals surface area contributed by atoms with Gasteiger partial charge >= 0.3 is 0 Å². The lowest BCUT2D eigenvalue weighted by Crippen LogP contribution is -2.23. The Morgan fingerprint density at radius 1 is 1.39 bits per heavy atom. The molecule has 0 saturated carbocycles. The molecule has 0 aromatic heterocycles. The van der Waals surface area contributed by atoms with Gasteiger partial charge in [-0.25, -0.2) is 4.39 Å². The van der Waals surface area contributed by atoms with E-state index in [2.05, 4.69) is 18.0 Å². The minimum atomic E-state index is -1.29. The maximum absolute atomic E-state index is 14.3. The number of halogens is 1. The molecule has 0 amide bonds. The van der Waals surface area contributed by atoms with E-state index >= 15 is 0 Å². The molecule has 1 aromatic carbocycles. The fourth-order valence-corrected chi connectivity index (χ4v) is 2.97. The SMILES string of the molecule is CN1CC(CN)CC1c1ccccc1C(C)(C)F. The number of benzene rings is 1. The fourth-order valence-electron chi connectivity index (χ4n) is 2.97. The van der Waals surface area contributed by atoms with Gasteiger partial charge in [0.2, 0.25) is 0 Å². The van der Waals surface area contributed by atoms with Crippen LogP contribution in [0.2, 0.25) is 0 Å². The number of rotatable bonds is 3. The molecular weight excluding hydrogens is 227 g/mol. The summed E-state index contributed by atoms with van der Waals surface area (Å²) in [5.74, 6) is 0.524. The highest BCUT2D eigenvalue weighted by Gasteiger charge is 2.33. The molecule has 0 spiro atoms. The Labute approximate surface area is 109 Å². The van der Waals surface area contributed by atoms with Crippen LogP contribution in [0.1, 0.15) is 37.4 Å². The molecule has 100 valence electrons. The second-order valence-corrected chi connectivity index (χ2v) is 5.85. The molecule has 1 aliphatic rings. The predicted molar refractivity (Wildman–Crippen MR) is 73.1 cm³/mol. The first-order valence-corrected chi connectivity index (χ1v) is 6.62. The molecule has 2 nitrogen and oxygen atoms in total. The number of hydrogen-bond acceptors (Lipinski definition) is 2. The summed E-state index contributed by atoms with van der Waals surface area (Å²) < 4.78 is 14.3. The van der Waals surface area contributed by atoms with Crippen molar-refractivity contribution in [2.45, 2.75) is 32.0 Å². The average molecular weight is 250 g/mol. The van der Waals surface area contributed by atoms with Crippen molar-refractivity contribution in [3.63, 3.8) is 0 Å². The molecule has 2 N–H and O–H groups in total. The highest BCUT2D eigenvalue weighted by molar-refractivity contribution is 5.34. The summed E-state index contributed by atoms with van der Waals surface area (Å²) in [5.41, 5.74) is 6.39. The quantitative estimate of drug-likeness (QED) is 0.894. The normalized spacial score (nSPS) is 25.6. The van der Waals surface area contributed by atoms with Crippen LogP contribution >= 0.6 is 0 Å². The lowest BCUT2D eigenvalue weighted by atomic mass is 9.89. The molecule has 18 heavy (non-hydrogen) atoms. The van der Waals surface area contributed by atoms with E-state index in [0.717, 1.165) is 24.1 Å². The Morgan fingerprint density at radius 3 is 2.61 bits per heavy atom. The van der Waals surface area contributed by atoms with Gasteiger partial charge in [0.1, 0.15) is 5.67 Å². The molecule has 2 rings (SSSR count). The van der Waals surface area contributed by atoms with Gasteiger partial charge in [0.15, 0.2) is 0 Å². The van der Waals surface area contributed by atoms with Crippen molar-refractivity contribution in [1.82, 2.24) is 4.90 Å². The highest BCUT2D eigenvalue weighted by Crippen LogP contribution is 2.39. The zero-order valence-electron chi connectivity index (χ0n) is 11.5. The van der Waals surface area contributed by atoms with E-state index in [-0.39, 0.29) is 0 Å². The van der Waals surface area contributed by atoms with Crippen molar-refractivity contribution in [3.8, 4) is 0 Å². The van der Waals surface area contributed by atoms with Gasteiger partial charge in [-0.3, -0.25) is 4.90 Å². The molecule has 0 radical (unpaired) electrons. The van der Waals surface area contributed by atoms with Gasteiger partial charge in [-0.2, -0.15) is 0 Å². The van der Waals surface area contributed by atoms with Crippen LogP contribution in [0.4, 0.5) is 4.39 Å². The number of hydrogen-bond donors (Lipinski definition) is 1. The van der Waals surface area contributed by atoms with Gasteiger partial charge in [0.05, 0.1) is 0 Å². The first kappa shape index (κ1) is 13.5. The maximum atomic E-state index is 14.3. The molecule has 0 aliphatic carbocycles. The summed E-state index contributed by atoms with van der Waals surface area (Å²) in [6.45, 7) is 4.96. The molecule has 2 atom stereocenters. The second-order valence-electron chi connectivity index (χ2n) is 5.85. The molecule has 0 bridgehead atoms. The van der Waals surface area contributed by atoms with Crippen LogP contribution in [0, 0.1) is 5.92 Å². The zero-order valence-corrected chi connectivity index (χ0v) is 11.5. The van der Waals surface area contributed by atoms with Crippen LogP contribution in [-0.2, 0) is 5.67 Å². The van der Waals surface area contributed by atoms with Crippen LogP contribution in [-0.4, -0.2) is 25.0 Å².